The van der Waals surface area contributed by atoms with Gasteiger partial charge in [-0.1, -0.05) is 37.7 Å². The van der Waals surface area contributed by atoms with Crippen LogP contribution in [0.25, 0.3) is 10.8 Å². The minimum Gasteiger partial charge on any atom is -0.206 e. The van der Waals surface area contributed by atoms with Gasteiger partial charge in [0.15, 0.2) is 11.6 Å². The Labute approximate surface area is 155 Å². The van der Waals surface area contributed by atoms with Crippen LogP contribution >= 0.6 is 0 Å². The van der Waals surface area contributed by atoms with Crippen molar-refractivity contribution in [2.75, 3.05) is 0 Å². The minimum atomic E-state index is -0.955. The van der Waals surface area contributed by atoms with E-state index in [0.29, 0.717) is 28.3 Å². The number of halogens is 4. The van der Waals surface area contributed by atoms with Crippen molar-refractivity contribution in [3.63, 3.8) is 0 Å². The minimum absolute atomic E-state index is 0.292. The standard InChI is InChI=1S/C23H18F4/c1-2-3-4-5-16-11-20(24)19(21(25)12-16)9-7-15-6-8-17-13-22(26)23(27)14-18(17)10-15/h6,8,10-14H,2-5H2,1H3. The Morgan fingerprint density at radius 1 is 0.704 bits per heavy atom. The van der Waals surface area contributed by atoms with E-state index in [4.69, 9.17) is 0 Å². The molecule has 0 aliphatic carbocycles. The van der Waals surface area contributed by atoms with E-state index in [0.717, 1.165) is 31.4 Å². The van der Waals surface area contributed by atoms with Crippen LogP contribution < -0.4 is 0 Å². The van der Waals surface area contributed by atoms with Crippen LogP contribution in [-0.4, -0.2) is 0 Å². The van der Waals surface area contributed by atoms with Crippen molar-refractivity contribution in [3.05, 3.63) is 82.4 Å². The Bertz CT molecular complexity index is 1020. The molecule has 0 amide bonds. The monoisotopic (exact) mass is 370 g/mol. The predicted molar refractivity (Wildman–Crippen MR) is 99.4 cm³/mol. The molecule has 0 radical (unpaired) electrons. The SMILES string of the molecule is CCCCCc1cc(F)c(C#Cc2ccc3cc(F)c(F)cc3c2)c(F)c1. The van der Waals surface area contributed by atoms with E-state index >= 15 is 0 Å². The van der Waals surface area contributed by atoms with Gasteiger partial charge in [0.25, 0.3) is 0 Å². The molecule has 27 heavy (non-hydrogen) atoms. The molecule has 0 aliphatic rings. The molecule has 0 nitrogen and oxygen atoms in total. The number of rotatable bonds is 4. The maximum atomic E-state index is 14.2. The fourth-order valence-electron chi connectivity index (χ4n) is 2.92. The third-order valence-electron chi connectivity index (χ3n) is 4.38. The van der Waals surface area contributed by atoms with Gasteiger partial charge in [-0.2, -0.15) is 0 Å². The smallest absolute Gasteiger partial charge is 0.159 e. The predicted octanol–water partition coefficient (Wildman–Crippen LogP) is 6.53. The van der Waals surface area contributed by atoms with E-state index in [1.54, 1.807) is 18.2 Å². The normalized spacial score (nSPS) is 10.7. The summed E-state index contributed by atoms with van der Waals surface area (Å²) < 4.78 is 55.1. The summed E-state index contributed by atoms with van der Waals surface area (Å²) in [6.07, 6.45) is 3.56. The van der Waals surface area contributed by atoms with Crippen molar-refractivity contribution < 1.29 is 17.6 Å². The first kappa shape index (κ1) is 19.0. The zero-order valence-corrected chi connectivity index (χ0v) is 14.9. The number of hydrogen-bond acceptors (Lipinski definition) is 0. The maximum Gasteiger partial charge on any atom is 0.159 e. The van der Waals surface area contributed by atoms with E-state index in [-0.39, 0.29) is 5.56 Å². The lowest BCUT2D eigenvalue weighted by Gasteiger charge is -2.04. The van der Waals surface area contributed by atoms with Crippen LogP contribution in [0.15, 0.2) is 42.5 Å². The van der Waals surface area contributed by atoms with Crippen LogP contribution in [0.1, 0.15) is 42.9 Å². The fourth-order valence-corrected chi connectivity index (χ4v) is 2.92. The first-order chi connectivity index (χ1) is 13.0. The summed E-state index contributed by atoms with van der Waals surface area (Å²) >= 11 is 0. The van der Waals surface area contributed by atoms with Crippen LogP contribution in [0.5, 0.6) is 0 Å². The lowest BCUT2D eigenvalue weighted by atomic mass is 10.0. The molecule has 3 aromatic rings. The topological polar surface area (TPSA) is 0 Å². The van der Waals surface area contributed by atoms with Crippen molar-refractivity contribution in [2.24, 2.45) is 0 Å². The van der Waals surface area contributed by atoms with E-state index in [9.17, 15) is 17.6 Å². The van der Waals surface area contributed by atoms with Gasteiger partial charge in [-0.15, -0.1) is 0 Å². The highest BCUT2D eigenvalue weighted by atomic mass is 19.2. The van der Waals surface area contributed by atoms with Crippen LogP contribution in [0, 0.1) is 35.1 Å². The summed E-state index contributed by atoms with van der Waals surface area (Å²) in [7, 11) is 0. The molecule has 0 saturated heterocycles. The summed E-state index contributed by atoms with van der Waals surface area (Å²) in [6, 6.07) is 9.55. The highest BCUT2D eigenvalue weighted by Crippen LogP contribution is 2.20. The van der Waals surface area contributed by atoms with E-state index < -0.39 is 23.3 Å². The molecule has 3 rings (SSSR count). The largest absolute Gasteiger partial charge is 0.206 e. The summed E-state index contributed by atoms with van der Waals surface area (Å²) in [5.74, 6) is 1.94. The maximum absolute atomic E-state index is 14.2. The van der Waals surface area contributed by atoms with Crippen molar-refractivity contribution >= 4 is 10.8 Å². The number of benzene rings is 3. The van der Waals surface area contributed by atoms with Gasteiger partial charge in [-0.3, -0.25) is 0 Å². The number of fused-ring (bicyclic) bond motifs is 1. The van der Waals surface area contributed by atoms with Gasteiger partial charge in [0.05, 0.1) is 5.56 Å². The molecule has 0 atom stereocenters. The van der Waals surface area contributed by atoms with Gasteiger partial charge in [-0.25, -0.2) is 17.6 Å². The summed E-state index contributed by atoms with van der Waals surface area (Å²) in [6.45, 7) is 2.07. The molecule has 0 aliphatic heterocycles. The fraction of sp³-hybridized carbons (Fsp3) is 0.217. The molecule has 0 heterocycles. The Morgan fingerprint density at radius 2 is 1.37 bits per heavy atom. The first-order valence-electron chi connectivity index (χ1n) is 8.86. The first-order valence-corrected chi connectivity index (χ1v) is 8.86. The van der Waals surface area contributed by atoms with Crippen LogP contribution in [-0.2, 0) is 6.42 Å². The zero-order chi connectivity index (χ0) is 19.4. The number of aryl methyl sites for hydroxylation is 1. The van der Waals surface area contributed by atoms with E-state index in [1.165, 1.54) is 12.1 Å². The molecule has 4 heteroatoms. The summed E-state index contributed by atoms with van der Waals surface area (Å²) in [4.78, 5) is 0. The second-order valence-electron chi connectivity index (χ2n) is 6.47. The Morgan fingerprint density at radius 3 is 2.04 bits per heavy atom. The molecule has 0 fully saturated rings. The third-order valence-corrected chi connectivity index (χ3v) is 4.38. The van der Waals surface area contributed by atoms with Crippen LogP contribution in [0.2, 0.25) is 0 Å². The molecule has 0 N–H and O–H groups in total. The molecule has 138 valence electrons. The van der Waals surface area contributed by atoms with Gasteiger partial charge in [0.1, 0.15) is 11.6 Å². The van der Waals surface area contributed by atoms with Crippen molar-refractivity contribution in [2.45, 2.75) is 32.6 Å². The molecular formula is C23H18F4. The van der Waals surface area contributed by atoms with Gasteiger partial charge in [0.2, 0.25) is 0 Å². The average molecular weight is 370 g/mol. The van der Waals surface area contributed by atoms with Crippen LogP contribution in [0.3, 0.4) is 0 Å². The molecule has 0 saturated carbocycles. The lowest BCUT2D eigenvalue weighted by Crippen LogP contribution is -1.95. The second kappa shape index (κ2) is 8.26. The number of hydrogen-bond donors (Lipinski definition) is 0. The second-order valence-corrected chi connectivity index (χ2v) is 6.47. The molecule has 0 unspecified atom stereocenters. The van der Waals surface area contributed by atoms with Gasteiger partial charge >= 0.3 is 0 Å². The summed E-state index contributed by atoms with van der Waals surface area (Å²) in [5, 5.41) is 0.987. The highest BCUT2D eigenvalue weighted by molar-refractivity contribution is 5.84. The third kappa shape index (κ3) is 4.49. The average Bonchev–Trinajstić information content (AvgIpc) is 2.62. The van der Waals surface area contributed by atoms with Gasteiger partial charge in [0, 0.05) is 5.56 Å². The van der Waals surface area contributed by atoms with E-state index in [2.05, 4.69) is 18.8 Å². The van der Waals surface area contributed by atoms with Crippen LogP contribution in [0.4, 0.5) is 17.6 Å². The van der Waals surface area contributed by atoms with E-state index in [1.807, 2.05) is 0 Å². The Hall–Kier alpha value is -2.80. The quantitative estimate of drug-likeness (QED) is 0.278. The van der Waals surface area contributed by atoms with Gasteiger partial charge < -0.3 is 0 Å². The van der Waals surface area contributed by atoms with Crippen molar-refractivity contribution in [3.8, 4) is 11.8 Å². The summed E-state index contributed by atoms with van der Waals surface area (Å²) in [5.41, 5.74) is 0.783. The zero-order valence-electron chi connectivity index (χ0n) is 14.9. The molecular weight excluding hydrogens is 352 g/mol. The van der Waals surface area contributed by atoms with Crippen molar-refractivity contribution in [1.29, 1.82) is 0 Å². The molecule has 0 spiro atoms. The van der Waals surface area contributed by atoms with Crippen molar-refractivity contribution in [1.82, 2.24) is 0 Å². The highest BCUT2D eigenvalue weighted by Gasteiger charge is 2.09. The molecule has 3 aromatic carbocycles. The lowest BCUT2D eigenvalue weighted by molar-refractivity contribution is 0.511. The Balaban J connectivity index is 1.88. The number of unbranched alkanes of at least 4 members (excludes halogenated alkanes) is 2. The molecule has 0 aromatic heterocycles. The van der Waals surface area contributed by atoms with Gasteiger partial charge in [-0.05, 0) is 65.6 Å². The molecule has 0 bridgehead atoms. The Kier molecular flexibility index (Phi) is 5.81.